The standard InChI is InChI=1S/C11H24O4Si/c1-5-7-8-10-11(15-10)9-14-16(6-2,12-3)13-4/h10-11H,5-9H2,1-4H3. The van der Waals surface area contributed by atoms with E-state index in [1.807, 2.05) is 6.92 Å². The highest BCUT2D eigenvalue weighted by Crippen LogP contribution is 2.28. The Kier molecular flexibility index (Phi) is 5.92. The fourth-order valence-electron chi connectivity index (χ4n) is 1.79. The molecule has 0 N–H and O–H groups in total. The van der Waals surface area contributed by atoms with E-state index in [2.05, 4.69) is 6.92 Å². The number of epoxide rings is 1. The number of hydrogen-bond donors (Lipinski definition) is 0. The van der Waals surface area contributed by atoms with Gasteiger partial charge in [0, 0.05) is 20.3 Å². The lowest BCUT2D eigenvalue weighted by Gasteiger charge is -2.24. The van der Waals surface area contributed by atoms with Gasteiger partial charge in [-0.2, -0.15) is 0 Å². The van der Waals surface area contributed by atoms with Crippen molar-refractivity contribution in [3.05, 3.63) is 0 Å². The highest BCUT2D eigenvalue weighted by atomic mass is 28.4. The zero-order valence-corrected chi connectivity index (χ0v) is 11.8. The third-order valence-corrected chi connectivity index (χ3v) is 5.77. The first kappa shape index (κ1) is 14.1. The predicted molar refractivity (Wildman–Crippen MR) is 64.4 cm³/mol. The lowest BCUT2D eigenvalue weighted by molar-refractivity contribution is 0.0917. The van der Waals surface area contributed by atoms with Crippen LogP contribution in [0.1, 0.15) is 33.1 Å². The summed E-state index contributed by atoms with van der Waals surface area (Å²) in [5.74, 6) is 0. The summed E-state index contributed by atoms with van der Waals surface area (Å²) in [5, 5.41) is 0. The van der Waals surface area contributed by atoms with Crippen LogP contribution in [0.3, 0.4) is 0 Å². The molecule has 2 unspecified atom stereocenters. The van der Waals surface area contributed by atoms with Gasteiger partial charge < -0.3 is 18.0 Å². The van der Waals surface area contributed by atoms with E-state index in [4.69, 9.17) is 18.0 Å². The molecule has 1 fully saturated rings. The van der Waals surface area contributed by atoms with E-state index >= 15 is 0 Å². The van der Waals surface area contributed by atoms with Crippen molar-refractivity contribution in [2.75, 3.05) is 20.8 Å². The van der Waals surface area contributed by atoms with Gasteiger partial charge in [-0.1, -0.05) is 26.7 Å². The smallest absolute Gasteiger partial charge is 0.377 e. The molecule has 0 aromatic rings. The van der Waals surface area contributed by atoms with Crippen molar-refractivity contribution in [1.82, 2.24) is 0 Å². The quantitative estimate of drug-likeness (QED) is 0.463. The largest absolute Gasteiger partial charge is 0.500 e. The first-order valence-electron chi connectivity index (χ1n) is 6.11. The Hall–Kier alpha value is 0.0569. The average Bonchev–Trinajstić information content (AvgIpc) is 3.08. The Morgan fingerprint density at radius 2 is 1.81 bits per heavy atom. The molecule has 0 aromatic heterocycles. The molecular weight excluding hydrogens is 224 g/mol. The van der Waals surface area contributed by atoms with Crippen LogP contribution >= 0.6 is 0 Å². The topological polar surface area (TPSA) is 40.2 Å². The van der Waals surface area contributed by atoms with Crippen molar-refractivity contribution in [3.8, 4) is 0 Å². The molecule has 0 spiro atoms. The van der Waals surface area contributed by atoms with Crippen LogP contribution in [0.2, 0.25) is 6.04 Å². The molecule has 1 rings (SSSR count). The van der Waals surface area contributed by atoms with E-state index in [-0.39, 0.29) is 6.10 Å². The van der Waals surface area contributed by atoms with Gasteiger partial charge in [-0.25, -0.2) is 0 Å². The Labute approximate surface area is 99.6 Å². The van der Waals surface area contributed by atoms with Crippen LogP contribution in [0, 0.1) is 0 Å². The summed E-state index contributed by atoms with van der Waals surface area (Å²) in [6.45, 7) is 4.83. The molecule has 0 aromatic carbocycles. The number of ether oxygens (including phenoxy) is 1. The Morgan fingerprint density at radius 3 is 2.31 bits per heavy atom. The van der Waals surface area contributed by atoms with Crippen LogP contribution in [-0.2, 0) is 18.0 Å². The van der Waals surface area contributed by atoms with Crippen molar-refractivity contribution in [2.45, 2.75) is 51.4 Å². The van der Waals surface area contributed by atoms with Gasteiger partial charge in [0.25, 0.3) is 0 Å². The summed E-state index contributed by atoms with van der Waals surface area (Å²) in [7, 11) is 0.928. The van der Waals surface area contributed by atoms with E-state index < -0.39 is 8.80 Å². The Bertz CT molecular complexity index is 188. The van der Waals surface area contributed by atoms with E-state index in [9.17, 15) is 0 Å². The van der Waals surface area contributed by atoms with Crippen LogP contribution in [0.25, 0.3) is 0 Å². The molecule has 2 atom stereocenters. The minimum Gasteiger partial charge on any atom is -0.377 e. The van der Waals surface area contributed by atoms with Gasteiger partial charge in [0.05, 0.1) is 12.7 Å². The molecular formula is C11H24O4Si. The molecule has 1 saturated heterocycles. The molecule has 16 heavy (non-hydrogen) atoms. The lowest BCUT2D eigenvalue weighted by Crippen LogP contribution is -2.44. The lowest BCUT2D eigenvalue weighted by atomic mass is 10.2. The summed E-state index contributed by atoms with van der Waals surface area (Å²) < 4.78 is 22.1. The van der Waals surface area contributed by atoms with Gasteiger partial charge in [0.15, 0.2) is 0 Å². The minimum atomic E-state index is -2.38. The van der Waals surface area contributed by atoms with Crippen LogP contribution in [0.5, 0.6) is 0 Å². The second kappa shape index (κ2) is 6.71. The number of unbranched alkanes of at least 4 members (excludes halogenated alkanes) is 1. The van der Waals surface area contributed by atoms with Crippen molar-refractivity contribution < 1.29 is 18.0 Å². The van der Waals surface area contributed by atoms with Gasteiger partial charge in [-0.15, -0.1) is 0 Å². The van der Waals surface area contributed by atoms with E-state index in [0.717, 1.165) is 12.5 Å². The highest BCUT2D eigenvalue weighted by molar-refractivity contribution is 6.60. The maximum absolute atomic E-state index is 5.78. The monoisotopic (exact) mass is 248 g/mol. The van der Waals surface area contributed by atoms with E-state index in [1.54, 1.807) is 14.2 Å². The van der Waals surface area contributed by atoms with E-state index in [0.29, 0.717) is 12.7 Å². The summed E-state index contributed by atoms with van der Waals surface area (Å²) in [5.41, 5.74) is 0. The maximum atomic E-state index is 5.78. The second-order valence-electron chi connectivity index (χ2n) is 4.11. The van der Waals surface area contributed by atoms with Crippen LogP contribution < -0.4 is 0 Å². The zero-order valence-electron chi connectivity index (χ0n) is 10.8. The summed E-state index contributed by atoms with van der Waals surface area (Å²) in [6.07, 6.45) is 4.25. The molecule has 96 valence electrons. The molecule has 0 radical (unpaired) electrons. The fourth-order valence-corrected chi connectivity index (χ4v) is 3.39. The molecule has 1 aliphatic heterocycles. The van der Waals surface area contributed by atoms with Gasteiger partial charge in [0.1, 0.15) is 6.10 Å². The van der Waals surface area contributed by atoms with Gasteiger partial charge >= 0.3 is 8.80 Å². The molecule has 1 aliphatic rings. The molecule has 1 heterocycles. The SMILES string of the molecule is CCCCC1OC1CO[Si](CC)(OC)OC. The number of hydrogen-bond acceptors (Lipinski definition) is 4. The Balaban J connectivity index is 2.20. The molecule has 0 amide bonds. The predicted octanol–water partition coefficient (Wildman–Crippen LogP) is 2.21. The first-order chi connectivity index (χ1) is 7.71. The molecule has 4 nitrogen and oxygen atoms in total. The van der Waals surface area contributed by atoms with Crippen LogP contribution in [-0.4, -0.2) is 41.8 Å². The number of rotatable bonds is 9. The van der Waals surface area contributed by atoms with Crippen LogP contribution in [0.4, 0.5) is 0 Å². The second-order valence-corrected chi connectivity index (χ2v) is 7.29. The fraction of sp³-hybridized carbons (Fsp3) is 1.00. The first-order valence-corrected chi connectivity index (χ1v) is 8.04. The maximum Gasteiger partial charge on any atom is 0.500 e. The zero-order chi connectivity index (χ0) is 12.0. The molecule has 0 saturated carbocycles. The normalized spacial score (nSPS) is 24.8. The Morgan fingerprint density at radius 1 is 1.12 bits per heavy atom. The third-order valence-electron chi connectivity index (χ3n) is 3.05. The molecule has 5 heteroatoms. The molecule has 0 bridgehead atoms. The van der Waals surface area contributed by atoms with Gasteiger partial charge in [-0.3, -0.25) is 0 Å². The highest BCUT2D eigenvalue weighted by Gasteiger charge is 2.43. The summed E-state index contributed by atoms with van der Waals surface area (Å²) in [6, 6.07) is 0.798. The summed E-state index contributed by atoms with van der Waals surface area (Å²) >= 11 is 0. The summed E-state index contributed by atoms with van der Waals surface area (Å²) in [4.78, 5) is 0. The van der Waals surface area contributed by atoms with Gasteiger partial charge in [0.2, 0.25) is 0 Å². The van der Waals surface area contributed by atoms with Crippen molar-refractivity contribution >= 4 is 8.80 Å². The average molecular weight is 248 g/mol. The third kappa shape index (κ3) is 3.82. The van der Waals surface area contributed by atoms with Crippen molar-refractivity contribution in [3.63, 3.8) is 0 Å². The van der Waals surface area contributed by atoms with Crippen molar-refractivity contribution in [2.24, 2.45) is 0 Å². The minimum absolute atomic E-state index is 0.260. The molecule has 0 aliphatic carbocycles. The van der Waals surface area contributed by atoms with E-state index in [1.165, 1.54) is 12.8 Å². The van der Waals surface area contributed by atoms with Gasteiger partial charge in [-0.05, 0) is 6.42 Å². The van der Waals surface area contributed by atoms with Crippen molar-refractivity contribution in [1.29, 1.82) is 0 Å². The van der Waals surface area contributed by atoms with Crippen LogP contribution in [0.15, 0.2) is 0 Å².